The molecule has 1 aromatic carbocycles. The van der Waals surface area contributed by atoms with Gasteiger partial charge in [0.05, 0.1) is 0 Å². The fourth-order valence-electron chi connectivity index (χ4n) is 1.28. The first-order chi connectivity index (χ1) is 6.17. The highest BCUT2D eigenvalue weighted by Gasteiger charge is 2.17. The lowest BCUT2D eigenvalue weighted by molar-refractivity contribution is 0.425. The molecule has 0 aliphatic carbocycles. The maximum absolute atomic E-state index is 3.69. The normalized spacial score (nSPS) is 11.2. The topological polar surface area (TPSA) is 12.0 Å². The molecule has 0 fully saturated rings. The third-order valence-corrected chi connectivity index (χ3v) is 2.18. The van der Waals surface area contributed by atoms with Gasteiger partial charge in [-0.2, -0.15) is 0 Å². The minimum atomic E-state index is 0.0233. The quantitative estimate of drug-likeness (QED) is 0.694. The van der Waals surface area contributed by atoms with Crippen molar-refractivity contribution in [2.75, 3.05) is 6.54 Å². The Kier molecular flexibility index (Phi) is 3.26. The predicted molar refractivity (Wildman–Crippen MR) is 57.7 cm³/mol. The minimum absolute atomic E-state index is 0.0233. The molecule has 13 heavy (non-hydrogen) atoms. The number of hydrogen-bond acceptors (Lipinski definition) is 1. The molecule has 1 nitrogen and oxygen atoms in total. The Morgan fingerprint density at radius 2 is 1.92 bits per heavy atom. The van der Waals surface area contributed by atoms with Crippen molar-refractivity contribution in [3.05, 3.63) is 48.6 Å². The van der Waals surface area contributed by atoms with E-state index in [9.17, 15) is 0 Å². The zero-order chi connectivity index (χ0) is 9.73. The van der Waals surface area contributed by atoms with Gasteiger partial charge in [-0.1, -0.05) is 36.4 Å². The van der Waals surface area contributed by atoms with Gasteiger partial charge in [0.2, 0.25) is 0 Å². The van der Waals surface area contributed by atoms with E-state index in [2.05, 4.69) is 50.0 Å². The van der Waals surface area contributed by atoms with E-state index in [1.807, 2.05) is 12.1 Å². The van der Waals surface area contributed by atoms with E-state index < -0.39 is 0 Å². The molecule has 0 spiro atoms. The van der Waals surface area contributed by atoms with Gasteiger partial charge in [0.15, 0.2) is 0 Å². The Labute approximate surface area is 80.5 Å². The van der Waals surface area contributed by atoms with Crippen LogP contribution in [0.4, 0.5) is 0 Å². The molecule has 0 amide bonds. The van der Waals surface area contributed by atoms with Crippen molar-refractivity contribution in [3.63, 3.8) is 0 Å². The van der Waals surface area contributed by atoms with E-state index in [-0.39, 0.29) is 5.54 Å². The summed E-state index contributed by atoms with van der Waals surface area (Å²) < 4.78 is 0. The van der Waals surface area contributed by atoms with Crippen LogP contribution < -0.4 is 5.32 Å². The van der Waals surface area contributed by atoms with Crippen molar-refractivity contribution in [2.45, 2.75) is 19.4 Å². The summed E-state index contributed by atoms with van der Waals surface area (Å²) in [5, 5.41) is 3.41. The Morgan fingerprint density at radius 1 is 1.31 bits per heavy atom. The van der Waals surface area contributed by atoms with E-state index in [1.54, 1.807) is 0 Å². The van der Waals surface area contributed by atoms with Crippen LogP contribution in [0, 0.1) is 0 Å². The summed E-state index contributed by atoms with van der Waals surface area (Å²) in [6.07, 6.45) is 1.88. The largest absolute Gasteiger partial charge is 0.304 e. The van der Waals surface area contributed by atoms with E-state index in [1.165, 1.54) is 5.56 Å². The van der Waals surface area contributed by atoms with E-state index in [0.29, 0.717) is 0 Å². The number of rotatable bonds is 4. The van der Waals surface area contributed by atoms with Gasteiger partial charge in [-0.3, -0.25) is 0 Å². The Bertz CT molecular complexity index is 262. The van der Waals surface area contributed by atoms with Gasteiger partial charge in [0.25, 0.3) is 0 Å². The number of nitrogens with one attached hydrogen (secondary N) is 1. The third kappa shape index (κ3) is 2.71. The molecule has 0 aromatic heterocycles. The van der Waals surface area contributed by atoms with Gasteiger partial charge >= 0.3 is 0 Å². The fourth-order valence-corrected chi connectivity index (χ4v) is 1.28. The Morgan fingerprint density at radius 3 is 2.46 bits per heavy atom. The van der Waals surface area contributed by atoms with E-state index >= 15 is 0 Å². The van der Waals surface area contributed by atoms with Crippen LogP contribution in [0.15, 0.2) is 43.0 Å². The lowest BCUT2D eigenvalue weighted by Crippen LogP contribution is -2.36. The highest BCUT2D eigenvalue weighted by atomic mass is 14.9. The predicted octanol–water partition coefficient (Wildman–Crippen LogP) is 2.70. The molecule has 0 radical (unpaired) electrons. The molecular formula is C12H17N. The van der Waals surface area contributed by atoms with Crippen LogP contribution in [-0.2, 0) is 5.54 Å². The van der Waals surface area contributed by atoms with E-state index in [0.717, 1.165) is 6.54 Å². The molecule has 1 rings (SSSR count). The maximum Gasteiger partial charge on any atom is 0.0380 e. The summed E-state index contributed by atoms with van der Waals surface area (Å²) in [6.45, 7) is 8.88. The van der Waals surface area contributed by atoms with Crippen LogP contribution in [0.25, 0.3) is 0 Å². The van der Waals surface area contributed by atoms with Crippen molar-refractivity contribution in [3.8, 4) is 0 Å². The Hall–Kier alpha value is -1.08. The molecule has 0 unspecified atom stereocenters. The molecule has 1 N–H and O–H groups in total. The zero-order valence-corrected chi connectivity index (χ0v) is 8.38. The standard InChI is InChI=1S/C12H17N/c1-4-10-13-12(2,3)11-8-6-5-7-9-11/h4-9,13H,1,10H2,2-3H3. The SMILES string of the molecule is C=CCNC(C)(C)c1ccccc1. The molecule has 0 saturated heterocycles. The molecule has 0 bridgehead atoms. The van der Waals surface area contributed by atoms with Crippen molar-refractivity contribution >= 4 is 0 Å². The van der Waals surface area contributed by atoms with Crippen LogP contribution in [0.1, 0.15) is 19.4 Å². The number of hydrogen-bond donors (Lipinski definition) is 1. The monoisotopic (exact) mass is 175 g/mol. The first kappa shape index (κ1) is 10.0. The third-order valence-electron chi connectivity index (χ3n) is 2.18. The molecule has 0 atom stereocenters. The number of benzene rings is 1. The molecule has 70 valence electrons. The Balaban J connectivity index is 2.74. The molecular weight excluding hydrogens is 158 g/mol. The summed E-state index contributed by atoms with van der Waals surface area (Å²) in [7, 11) is 0. The second-order valence-electron chi connectivity index (χ2n) is 3.66. The summed E-state index contributed by atoms with van der Waals surface area (Å²) in [4.78, 5) is 0. The fraction of sp³-hybridized carbons (Fsp3) is 0.333. The van der Waals surface area contributed by atoms with Crippen molar-refractivity contribution in [1.29, 1.82) is 0 Å². The van der Waals surface area contributed by atoms with Crippen LogP contribution in [0.3, 0.4) is 0 Å². The molecule has 1 aromatic rings. The molecule has 0 saturated carbocycles. The van der Waals surface area contributed by atoms with Crippen LogP contribution in [-0.4, -0.2) is 6.54 Å². The van der Waals surface area contributed by atoms with Gasteiger partial charge in [0, 0.05) is 12.1 Å². The van der Waals surface area contributed by atoms with Gasteiger partial charge in [-0.15, -0.1) is 6.58 Å². The molecule has 0 aliphatic rings. The lowest BCUT2D eigenvalue weighted by atomic mass is 9.94. The van der Waals surface area contributed by atoms with Gasteiger partial charge in [-0.25, -0.2) is 0 Å². The van der Waals surface area contributed by atoms with Crippen molar-refractivity contribution < 1.29 is 0 Å². The van der Waals surface area contributed by atoms with Crippen LogP contribution >= 0.6 is 0 Å². The van der Waals surface area contributed by atoms with E-state index in [4.69, 9.17) is 0 Å². The maximum atomic E-state index is 3.69. The molecule has 1 heteroatoms. The average molecular weight is 175 g/mol. The zero-order valence-electron chi connectivity index (χ0n) is 8.38. The first-order valence-corrected chi connectivity index (χ1v) is 4.58. The van der Waals surface area contributed by atoms with Crippen LogP contribution in [0.2, 0.25) is 0 Å². The van der Waals surface area contributed by atoms with Crippen LogP contribution in [0.5, 0.6) is 0 Å². The molecule has 0 aliphatic heterocycles. The second kappa shape index (κ2) is 4.24. The highest BCUT2D eigenvalue weighted by molar-refractivity contribution is 5.22. The second-order valence-corrected chi connectivity index (χ2v) is 3.66. The molecule has 0 heterocycles. The first-order valence-electron chi connectivity index (χ1n) is 4.58. The van der Waals surface area contributed by atoms with Gasteiger partial charge in [0.1, 0.15) is 0 Å². The van der Waals surface area contributed by atoms with Crippen molar-refractivity contribution in [1.82, 2.24) is 5.32 Å². The summed E-state index contributed by atoms with van der Waals surface area (Å²) in [5.41, 5.74) is 1.33. The smallest absolute Gasteiger partial charge is 0.0380 e. The van der Waals surface area contributed by atoms with Gasteiger partial charge < -0.3 is 5.32 Å². The average Bonchev–Trinajstić information content (AvgIpc) is 2.16. The minimum Gasteiger partial charge on any atom is -0.304 e. The summed E-state index contributed by atoms with van der Waals surface area (Å²) >= 11 is 0. The summed E-state index contributed by atoms with van der Waals surface area (Å²) in [5.74, 6) is 0. The van der Waals surface area contributed by atoms with Crippen molar-refractivity contribution in [2.24, 2.45) is 0 Å². The highest BCUT2D eigenvalue weighted by Crippen LogP contribution is 2.18. The lowest BCUT2D eigenvalue weighted by Gasteiger charge is -2.26. The summed E-state index contributed by atoms with van der Waals surface area (Å²) in [6, 6.07) is 10.4. The van der Waals surface area contributed by atoms with Gasteiger partial charge in [-0.05, 0) is 19.4 Å².